The number of aromatic nitrogens is 2. The molecule has 2 heterocycles. The third-order valence-corrected chi connectivity index (χ3v) is 2.92. The lowest BCUT2D eigenvalue weighted by Crippen LogP contribution is -2.32. The average Bonchev–Trinajstić information content (AvgIpc) is 2.85. The molecule has 1 fully saturated rings. The van der Waals surface area contributed by atoms with E-state index in [0.717, 1.165) is 6.42 Å². The first kappa shape index (κ1) is 12.1. The molecule has 0 bridgehead atoms. The minimum Gasteiger partial charge on any atom is -0.480 e. The zero-order valence-corrected chi connectivity index (χ0v) is 9.70. The lowest BCUT2D eigenvalue weighted by molar-refractivity contribution is 0.0730. The Hall–Kier alpha value is -1.40. The highest BCUT2D eigenvalue weighted by Crippen LogP contribution is 2.17. The van der Waals surface area contributed by atoms with Gasteiger partial charge in [0, 0.05) is 24.7 Å². The van der Waals surface area contributed by atoms with Gasteiger partial charge in [0.15, 0.2) is 0 Å². The van der Waals surface area contributed by atoms with E-state index in [4.69, 9.17) is 9.47 Å². The number of aliphatic hydroxyl groups excluding tert-OH is 1. The van der Waals surface area contributed by atoms with Gasteiger partial charge in [-0.25, -0.2) is 4.68 Å². The molecule has 6 nitrogen and oxygen atoms in total. The van der Waals surface area contributed by atoms with E-state index in [1.165, 1.54) is 23.9 Å². The van der Waals surface area contributed by atoms with Crippen LogP contribution in [0.2, 0.25) is 0 Å². The third kappa shape index (κ3) is 2.83. The summed E-state index contributed by atoms with van der Waals surface area (Å²) in [6.07, 6.45) is 0.203. The van der Waals surface area contributed by atoms with Gasteiger partial charge in [0.2, 0.25) is 5.88 Å². The van der Waals surface area contributed by atoms with Gasteiger partial charge in [0.25, 0.3) is 5.56 Å². The van der Waals surface area contributed by atoms with Crippen molar-refractivity contribution in [1.82, 2.24) is 9.78 Å². The van der Waals surface area contributed by atoms with Gasteiger partial charge in [-0.3, -0.25) is 4.79 Å². The van der Waals surface area contributed by atoms with E-state index in [9.17, 15) is 9.90 Å². The molecule has 0 radical (unpaired) electrons. The van der Waals surface area contributed by atoms with Crippen molar-refractivity contribution in [2.24, 2.45) is 5.92 Å². The number of aliphatic hydroxyl groups is 1. The molecule has 94 valence electrons. The molecule has 1 aromatic rings. The van der Waals surface area contributed by atoms with Crippen LogP contribution >= 0.6 is 0 Å². The Kier molecular flexibility index (Phi) is 3.75. The topological polar surface area (TPSA) is 73.6 Å². The molecular weight excluding hydrogens is 224 g/mol. The summed E-state index contributed by atoms with van der Waals surface area (Å²) < 4.78 is 11.4. The summed E-state index contributed by atoms with van der Waals surface area (Å²) in [4.78, 5) is 11.5. The number of ether oxygens (including phenoxy) is 2. The fraction of sp³-hybridized carbons (Fsp3) is 0.636. The van der Waals surface area contributed by atoms with Gasteiger partial charge in [-0.15, -0.1) is 5.10 Å². The highest BCUT2D eigenvalue weighted by molar-refractivity contribution is 5.06. The van der Waals surface area contributed by atoms with Gasteiger partial charge < -0.3 is 14.6 Å². The van der Waals surface area contributed by atoms with E-state index in [0.29, 0.717) is 19.1 Å². The molecule has 2 unspecified atom stereocenters. The summed E-state index contributed by atoms with van der Waals surface area (Å²) in [5.74, 6) is 0.439. The first-order valence-corrected chi connectivity index (χ1v) is 5.58. The average molecular weight is 240 g/mol. The fourth-order valence-corrected chi connectivity index (χ4v) is 1.85. The highest BCUT2D eigenvalue weighted by atomic mass is 16.5. The maximum Gasteiger partial charge on any atom is 0.267 e. The molecule has 0 saturated carbocycles. The van der Waals surface area contributed by atoms with Crippen LogP contribution in [0.15, 0.2) is 16.9 Å². The first-order valence-electron chi connectivity index (χ1n) is 5.58. The van der Waals surface area contributed by atoms with Crippen molar-refractivity contribution in [3.8, 4) is 5.88 Å². The SMILES string of the molecule is COc1ccc(=O)n(CC(O)C2CCOC2)n1. The first-order chi connectivity index (χ1) is 8.20. The molecule has 1 N–H and O–H groups in total. The Morgan fingerprint density at radius 3 is 3.18 bits per heavy atom. The van der Waals surface area contributed by atoms with Crippen molar-refractivity contribution >= 4 is 0 Å². The van der Waals surface area contributed by atoms with E-state index >= 15 is 0 Å². The Bertz CT molecular complexity index is 426. The summed E-state index contributed by atoms with van der Waals surface area (Å²) in [7, 11) is 1.48. The summed E-state index contributed by atoms with van der Waals surface area (Å²) in [6, 6.07) is 2.88. The van der Waals surface area contributed by atoms with E-state index in [-0.39, 0.29) is 18.0 Å². The number of methoxy groups -OCH3 is 1. The quantitative estimate of drug-likeness (QED) is 0.778. The molecule has 0 aromatic carbocycles. The lowest BCUT2D eigenvalue weighted by atomic mass is 10.0. The summed E-state index contributed by atoms with van der Waals surface area (Å²) >= 11 is 0. The lowest BCUT2D eigenvalue weighted by Gasteiger charge is -2.16. The summed E-state index contributed by atoms with van der Waals surface area (Å²) in [5.41, 5.74) is -0.247. The Labute approximate surface area is 98.8 Å². The molecule has 6 heteroatoms. The molecule has 0 spiro atoms. The zero-order valence-electron chi connectivity index (χ0n) is 9.70. The molecule has 17 heavy (non-hydrogen) atoms. The van der Waals surface area contributed by atoms with Crippen LogP contribution < -0.4 is 10.3 Å². The van der Waals surface area contributed by atoms with Gasteiger partial charge in [-0.2, -0.15) is 0 Å². The minimum atomic E-state index is -0.616. The molecule has 1 aliphatic heterocycles. The number of hydrogen-bond donors (Lipinski definition) is 1. The number of rotatable bonds is 4. The third-order valence-electron chi connectivity index (χ3n) is 2.92. The van der Waals surface area contributed by atoms with E-state index in [1.54, 1.807) is 0 Å². The monoisotopic (exact) mass is 240 g/mol. The van der Waals surface area contributed by atoms with Crippen LogP contribution in [-0.2, 0) is 11.3 Å². The van der Waals surface area contributed by atoms with Crippen LogP contribution in [0.1, 0.15) is 6.42 Å². The predicted molar refractivity (Wildman–Crippen MR) is 60.0 cm³/mol. The van der Waals surface area contributed by atoms with Crippen molar-refractivity contribution in [2.45, 2.75) is 19.1 Å². The van der Waals surface area contributed by atoms with E-state index in [2.05, 4.69) is 5.10 Å². The highest BCUT2D eigenvalue weighted by Gasteiger charge is 2.24. The van der Waals surface area contributed by atoms with Crippen LogP contribution in [-0.4, -0.2) is 41.3 Å². The Morgan fingerprint density at radius 1 is 1.71 bits per heavy atom. The molecular formula is C11H16N2O4. The number of hydrogen-bond acceptors (Lipinski definition) is 5. The standard InChI is InChI=1S/C11H16N2O4/c1-16-10-2-3-11(15)13(12-10)6-9(14)8-4-5-17-7-8/h2-3,8-9,14H,4-7H2,1H3. The molecule has 1 aromatic heterocycles. The van der Waals surface area contributed by atoms with Crippen molar-refractivity contribution in [2.75, 3.05) is 20.3 Å². The van der Waals surface area contributed by atoms with Crippen LogP contribution in [0.5, 0.6) is 5.88 Å². The molecule has 1 aliphatic rings. The fourth-order valence-electron chi connectivity index (χ4n) is 1.85. The number of nitrogens with zero attached hydrogens (tertiary/aromatic N) is 2. The summed E-state index contributed by atoms with van der Waals surface area (Å²) in [6.45, 7) is 1.38. The molecule has 2 atom stereocenters. The molecule has 2 rings (SSSR count). The smallest absolute Gasteiger partial charge is 0.267 e. The van der Waals surface area contributed by atoms with Crippen LogP contribution in [0.3, 0.4) is 0 Å². The minimum absolute atomic E-state index is 0.0786. The second kappa shape index (κ2) is 5.29. The summed E-state index contributed by atoms with van der Waals surface area (Å²) in [5, 5.41) is 14.0. The van der Waals surface area contributed by atoms with Crippen LogP contribution in [0, 0.1) is 5.92 Å². The normalized spacial score (nSPS) is 21.4. The van der Waals surface area contributed by atoms with Crippen molar-refractivity contribution in [1.29, 1.82) is 0 Å². The second-order valence-electron chi connectivity index (χ2n) is 4.09. The van der Waals surface area contributed by atoms with Gasteiger partial charge in [0.05, 0.1) is 26.4 Å². The van der Waals surface area contributed by atoms with Crippen molar-refractivity contribution in [3.63, 3.8) is 0 Å². The van der Waals surface area contributed by atoms with Crippen molar-refractivity contribution in [3.05, 3.63) is 22.5 Å². The van der Waals surface area contributed by atoms with Gasteiger partial charge >= 0.3 is 0 Å². The Morgan fingerprint density at radius 2 is 2.53 bits per heavy atom. The maximum atomic E-state index is 11.5. The van der Waals surface area contributed by atoms with Crippen LogP contribution in [0.25, 0.3) is 0 Å². The predicted octanol–water partition coefficient (Wildman–Crippen LogP) is -0.351. The zero-order chi connectivity index (χ0) is 12.3. The van der Waals surface area contributed by atoms with Crippen LogP contribution in [0.4, 0.5) is 0 Å². The van der Waals surface area contributed by atoms with Gasteiger partial charge in [-0.1, -0.05) is 0 Å². The van der Waals surface area contributed by atoms with Gasteiger partial charge in [-0.05, 0) is 6.42 Å². The molecule has 0 amide bonds. The Balaban J connectivity index is 2.08. The second-order valence-corrected chi connectivity index (χ2v) is 4.09. The van der Waals surface area contributed by atoms with E-state index in [1.807, 2.05) is 0 Å². The maximum absolute atomic E-state index is 11.5. The largest absolute Gasteiger partial charge is 0.480 e. The molecule has 0 aliphatic carbocycles. The van der Waals surface area contributed by atoms with E-state index < -0.39 is 6.10 Å². The molecule has 1 saturated heterocycles. The van der Waals surface area contributed by atoms with Crippen molar-refractivity contribution < 1.29 is 14.6 Å². The van der Waals surface area contributed by atoms with Gasteiger partial charge in [0.1, 0.15) is 0 Å².